The van der Waals surface area contributed by atoms with Gasteiger partial charge in [0.05, 0.1) is 37.1 Å². The second-order valence-corrected chi connectivity index (χ2v) is 9.15. The lowest BCUT2D eigenvalue weighted by Gasteiger charge is -2.36. The number of benzene rings is 1. The zero-order chi connectivity index (χ0) is 25.1. The van der Waals surface area contributed by atoms with Gasteiger partial charge in [-0.25, -0.2) is 9.18 Å². The van der Waals surface area contributed by atoms with Crippen molar-refractivity contribution in [1.82, 2.24) is 10.2 Å². The monoisotopic (exact) mass is 529 g/mol. The lowest BCUT2D eigenvalue weighted by molar-refractivity contribution is -0.402. The Balaban J connectivity index is 1.32. The van der Waals surface area contributed by atoms with E-state index < -0.39 is 33.7 Å². The molecule has 1 N–H and O–H groups in total. The molecule has 1 aromatic heterocycles. The molecule has 2 aliphatic heterocycles. The Morgan fingerprint density at radius 2 is 1.97 bits per heavy atom. The van der Waals surface area contributed by atoms with Gasteiger partial charge in [-0.2, -0.15) is 0 Å². The summed E-state index contributed by atoms with van der Waals surface area (Å²) in [6.07, 6.45) is -1.26. The third kappa shape index (κ3) is 5.95. The minimum absolute atomic E-state index is 0.0349. The van der Waals surface area contributed by atoms with Gasteiger partial charge in [-0.15, -0.1) is 0 Å². The molecule has 14 heteroatoms. The molecular formula is C21H22Cl2FN5O6. The summed E-state index contributed by atoms with van der Waals surface area (Å²) in [6.45, 7) is 2.94. The number of alkyl halides is 2. The molecule has 0 radical (unpaired) electrons. The van der Waals surface area contributed by atoms with Crippen LogP contribution in [0.3, 0.4) is 0 Å². The van der Waals surface area contributed by atoms with Gasteiger partial charge in [-0.1, -0.05) is 23.2 Å². The Labute approximate surface area is 209 Å². The van der Waals surface area contributed by atoms with Gasteiger partial charge in [0.25, 0.3) is 5.91 Å². The Hall–Kier alpha value is -3.09. The highest BCUT2D eigenvalue weighted by Gasteiger charge is 2.33. The number of halogens is 3. The summed E-state index contributed by atoms with van der Waals surface area (Å²) in [5.41, 5.74) is 0.754. The third-order valence-electron chi connectivity index (χ3n) is 5.74. The van der Waals surface area contributed by atoms with Gasteiger partial charge in [0.1, 0.15) is 22.6 Å². The van der Waals surface area contributed by atoms with Crippen LogP contribution >= 0.6 is 23.2 Å². The first-order valence-electron chi connectivity index (χ1n) is 10.7. The molecule has 2 amide bonds. The first kappa shape index (κ1) is 25.0. The number of carbonyl (C=O) groups excluding carboxylic acids is 2. The van der Waals surface area contributed by atoms with Crippen molar-refractivity contribution in [3.63, 3.8) is 0 Å². The minimum Gasteiger partial charge on any atom is -0.442 e. The van der Waals surface area contributed by atoms with Crippen molar-refractivity contribution >= 4 is 52.5 Å². The predicted octanol–water partition coefficient (Wildman–Crippen LogP) is 2.89. The molecular weight excluding hydrogens is 508 g/mol. The maximum Gasteiger partial charge on any atom is 0.433 e. The number of carbonyl (C=O) groups is 2. The van der Waals surface area contributed by atoms with Crippen molar-refractivity contribution in [2.24, 2.45) is 0 Å². The normalized spacial score (nSPS) is 18.7. The van der Waals surface area contributed by atoms with Crippen molar-refractivity contribution < 1.29 is 28.1 Å². The Morgan fingerprint density at radius 1 is 1.23 bits per heavy atom. The molecule has 0 aliphatic carbocycles. The number of amides is 2. The molecule has 1 aromatic carbocycles. The summed E-state index contributed by atoms with van der Waals surface area (Å²) in [4.78, 5) is 38.0. The Bertz CT molecular complexity index is 1110. The van der Waals surface area contributed by atoms with Gasteiger partial charge in [0.2, 0.25) is 0 Å². The number of piperazine rings is 1. The van der Waals surface area contributed by atoms with E-state index in [1.54, 1.807) is 18.2 Å². The SMILES string of the molecule is O=C(NC[C@H]1CN(c2ccc(N3CCN(Cc4ccc([N+](=O)[O-])o4)CC3)c(F)c2)C(=O)O1)C(Cl)Cl. The molecule has 0 bridgehead atoms. The summed E-state index contributed by atoms with van der Waals surface area (Å²) >= 11 is 11.0. The van der Waals surface area contributed by atoms with E-state index in [1.165, 1.54) is 17.0 Å². The highest BCUT2D eigenvalue weighted by molar-refractivity contribution is 6.53. The first-order chi connectivity index (χ1) is 16.7. The van der Waals surface area contributed by atoms with Gasteiger partial charge < -0.3 is 19.4 Å². The van der Waals surface area contributed by atoms with E-state index in [0.717, 1.165) is 0 Å². The molecule has 0 unspecified atom stereocenters. The van der Waals surface area contributed by atoms with Gasteiger partial charge in [0.15, 0.2) is 4.84 Å². The summed E-state index contributed by atoms with van der Waals surface area (Å²) in [7, 11) is 0. The summed E-state index contributed by atoms with van der Waals surface area (Å²) in [5, 5.41) is 13.2. The van der Waals surface area contributed by atoms with E-state index in [1.807, 2.05) is 4.90 Å². The zero-order valence-corrected chi connectivity index (χ0v) is 19.9. The van der Waals surface area contributed by atoms with E-state index in [2.05, 4.69) is 10.2 Å². The van der Waals surface area contributed by atoms with Crippen LogP contribution in [0.4, 0.5) is 26.4 Å². The standard InChI is InChI=1S/C21H22Cl2FN5O6/c22-19(23)20(30)25-10-15-12-28(21(31)35-15)13-1-3-17(16(24)9-13)27-7-5-26(6-8-27)11-14-2-4-18(34-14)29(32)33/h1-4,9,15,19H,5-8,10-12H2,(H,25,30)/t15-/m0/s1. The summed E-state index contributed by atoms with van der Waals surface area (Å²) < 4.78 is 25.4. The maximum atomic E-state index is 15.0. The molecule has 4 rings (SSSR count). The van der Waals surface area contributed by atoms with Crippen LogP contribution in [0, 0.1) is 15.9 Å². The molecule has 0 saturated carbocycles. The molecule has 2 saturated heterocycles. The van der Waals surface area contributed by atoms with Crippen molar-refractivity contribution in [3.05, 3.63) is 52.0 Å². The molecule has 188 valence electrons. The molecule has 11 nitrogen and oxygen atoms in total. The second-order valence-electron chi connectivity index (χ2n) is 8.06. The zero-order valence-electron chi connectivity index (χ0n) is 18.4. The van der Waals surface area contributed by atoms with Crippen molar-refractivity contribution in [2.75, 3.05) is 49.1 Å². The van der Waals surface area contributed by atoms with Crippen molar-refractivity contribution in [1.29, 1.82) is 0 Å². The fourth-order valence-corrected chi connectivity index (χ4v) is 4.12. The molecule has 3 heterocycles. The van der Waals surface area contributed by atoms with E-state index in [4.69, 9.17) is 32.4 Å². The van der Waals surface area contributed by atoms with E-state index in [9.17, 15) is 24.1 Å². The molecule has 1 atom stereocenters. The fraction of sp³-hybridized carbons (Fsp3) is 0.429. The van der Waals surface area contributed by atoms with Crippen LogP contribution in [0.1, 0.15) is 5.76 Å². The number of rotatable bonds is 8. The van der Waals surface area contributed by atoms with Gasteiger partial charge >= 0.3 is 12.0 Å². The number of nitrogens with one attached hydrogen (secondary N) is 1. The predicted molar refractivity (Wildman–Crippen MR) is 125 cm³/mol. The number of nitrogens with zero attached hydrogens (tertiary/aromatic N) is 4. The highest BCUT2D eigenvalue weighted by Crippen LogP contribution is 2.29. The number of cyclic esters (lactones) is 1. The van der Waals surface area contributed by atoms with Gasteiger partial charge in [-0.05, 0) is 24.3 Å². The number of nitro groups is 1. The largest absolute Gasteiger partial charge is 0.442 e. The van der Waals surface area contributed by atoms with Gasteiger partial charge in [-0.3, -0.25) is 24.7 Å². The van der Waals surface area contributed by atoms with Gasteiger partial charge in [0, 0.05) is 26.2 Å². The Morgan fingerprint density at radius 3 is 2.60 bits per heavy atom. The van der Waals surface area contributed by atoms with Crippen LogP contribution in [-0.4, -0.2) is 72.0 Å². The van der Waals surface area contributed by atoms with Crippen molar-refractivity contribution in [2.45, 2.75) is 17.5 Å². The molecule has 2 aliphatic rings. The average molecular weight is 530 g/mol. The summed E-state index contributed by atoms with van der Waals surface area (Å²) in [5.74, 6) is -0.864. The fourth-order valence-electron chi connectivity index (χ4n) is 3.97. The number of anilines is 2. The second kappa shape index (κ2) is 10.7. The van der Waals surface area contributed by atoms with Crippen LogP contribution in [-0.2, 0) is 16.1 Å². The maximum absolute atomic E-state index is 15.0. The lowest BCUT2D eigenvalue weighted by atomic mass is 10.2. The Kier molecular flexibility index (Phi) is 7.63. The molecule has 2 aromatic rings. The number of ether oxygens (including phenoxy) is 1. The average Bonchev–Trinajstić information content (AvgIpc) is 3.44. The number of furan rings is 1. The lowest BCUT2D eigenvalue weighted by Crippen LogP contribution is -2.46. The third-order valence-corrected chi connectivity index (χ3v) is 6.14. The van der Waals surface area contributed by atoms with Crippen molar-refractivity contribution in [3.8, 4) is 0 Å². The molecule has 35 heavy (non-hydrogen) atoms. The smallest absolute Gasteiger partial charge is 0.433 e. The summed E-state index contributed by atoms with van der Waals surface area (Å²) in [6, 6.07) is 7.44. The van der Waals surface area contributed by atoms with E-state index >= 15 is 0 Å². The topological polar surface area (TPSA) is 121 Å². The molecule has 0 spiro atoms. The van der Waals surface area contributed by atoms with Crippen LogP contribution in [0.15, 0.2) is 34.7 Å². The molecule has 2 fully saturated rings. The van der Waals surface area contributed by atoms with Crippen LogP contribution < -0.4 is 15.1 Å². The minimum atomic E-state index is -1.22. The van der Waals surface area contributed by atoms with E-state index in [-0.39, 0.29) is 19.0 Å². The van der Waals surface area contributed by atoms with Crippen LogP contribution in [0.2, 0.25) is 0 Å². The first-order valence-corrected chi connectivity index (χ1v) is 11.6. The van der Waals surface area contributed by atoms with E-state index in [0.29, 0.717) is 49.9 Å². The highest BCUT2D eigenvalue weighted by atomic mass is 35.5. The van der Waals surface area contributed by atoms with Crippen LogP contribution in [0.25, 0.3) is 0 Å². The number of hydrogen-bond donors (Lipinski definition) is 1. The quantitative estimate of drug-likeness (QED) is 0.314. The van der Waals surface area contributed by atoms with Crippen LogP contribution in [0.5, 0.6) is 0 Å². The number of hydrogen-bond acceptors (Lipinski definition) is 8.